The average molecular weight is 722 g/mol. The van der Waals surface area contributed by atoms with Crippen molar-refractivity contribution in [2.75, 3.05) is 0 Å². The van der Waals surface area contributed by atoms with Gasteiger partial charge < -0.3 is 4.98 Å². The van der Waals surface area contributed by atoms with Crippen molar-refractivity contribution in [2.45, 2.75) is 13.8 Å². The van der Waals surface area contributed by atoms with Crippen LogP contribution >= 0.6 is 0 Å². The first-order valence-electron chi connectivity index (χ1n) is 13.4. The zero-order chi connectivity index (χ0) is 27.5. The molecule has 4 aromatic carbocycles. The minimum absolute atomic E-state index is 0. The minimum Gasteiger partial charge on any atom is -0.304 e. The summed E-state index contributed by atoms with van der Waals surface area (Å²) in [5.74, 6) is 2.39. The quantitative estimate of drug-likeness (QED) is 0.171. The fourth-order valence-corrected chi connectivity index (χ4v) is 5.30. The van der Waals surface area contributed by atoms with E-state index in [-0.39, 0.29) is 20.1 Å². The van der Waals surface area contributed by atoms with E-state index in [0.717, 1.165) is 61.7 Å². The van der Waals surface area contributed by atoms with E-state index in [0.29, 0.717) is 0 Å². The van der Waals surface area contributed by atoms with Crippen molar-refractivity contribution in [3.05, 3.63) is 127 Å². The molecule has 8 heteroatoms. The first kappa shape index (κ1) is 26.0. The van der Waals surface area contributed by atoms with Gasteiger partial charge in [0.15, 0.2) is 0 Å². The third kappa shape index (κ3) is 4.07. The smallest absolute Gasteiger partial charge is 0.225 e. The molecule has 0 saturated carbocycles. The van der Waals surface area contributed by atoms with Crippen LogP contribution in [-0.2, 0) is 20.1 Å². The molecule has 42 heavy (non-hydrogen) atoms. The zero-order valence-corrected chi connectivity index (χ0v) is 25.2. The van der Waals surface area contributed by atoms with E-state index in [1.807, 2.05) is 85.9 Å². The fourth-order valence-electron chi connectivity index (χ4n) is 5.30. The van der Waals surface area contributed by atoms with Gasteiger partial charge in [-0.3, -0.25) is 9.38 Å². The number of imidazole rings is 3. The van der Waals surface area contributed by atoms with E-state index >= 15 is 0 Å². The van der Waals surface area contributed by atoms with Gasteiger partial charge in [-0.2, -0.15) is 18.2 Å². The number of pyridine rings is 1. The summed E-state index contributed by atoms with van der Waals surface area (Å²) < 4.78 is 6.27. The Bertz CT molecular complexity index is 2110. The Morgan fingerprint density at radius 1 is 0.571 bits per heavy atom. The molecule has 5 heterocycles. The molecular weight excluding hydrogens is 699 g/mol. The summed E-state index contributed by atoms with van der Waals surface area (Å²) in [6.45, 7) is 4.10. The van der Waals surface area contributed by atoms with Crippen LogP contribution in [0.4, 0.5) is 0 Å². The molecule has 5 aromatic heterocycles. The molecule has 0 unspecified atom stereocenters. The number of benzene rings is 4. The molecule has 0 aliphatic rings. The van der Waals surface area contributed by atoms with Gasteiger partial charge in [-0.1, -0.05) is 43.3 Å². The Hall–Kier alpha value is -4.91. The number of nitrogens with zero attached hydrogens (tertiary/aromatic N) is 7. The van der Waals surface area contributed by atoms with Crippen LogP contribution < -0.4 is 0 Å². The molecule has 0 aliphatic carbocycles. The van der Waals surface area contributed by atoms with E-state index in [2.05, 4.69) is 61.5 Å². The average Bonchev–Trinajstić information content (AvgIpc) is 3.69. The largest absolute Gasteiger partial charge is 0.304 e. The maximum absolute atomic E-state index is 4.91. The van der Waals surface area contributed by atoms with Crippen LogP contribution in [-0.4, -0.2) is 33.1 Å². The number of aromatic nitrogens is 7. The Morgan fingerprint density at radius 3 is 1.79 bits per heavy atom. The molecule has 0 N–H and O–H groups in total. The summed E-state index contributed by atoms with van der Waals surface area (Å²) >= 11 is 0. The Morgan fingerprint density at radius 2 is 1.17 bits per heavy atom. The summed E-state index contributed by atoms with van der Waals surface area (Å²) in [6.07, 6.45) is 1.88. The van der Waals surface area contributed by atoms with Crippen molar-refractivity contribution in [1.82, 2.24) is 33.1 Å². The second-order valence-electron chi connectivity index (χ2n) is 10.1. The van der Waals surface area contributed by atoms with E-state index < -0.39 is 0 Å². The van der Waals surface area contributed by atoms with Crippen molar-refractivity contribution >= 4 is 50.4 Å². The summed E-state index contributed by atoms with van der Waals surface area (Å²) in [5, 5.41) is 0. The van der Waals surface area contributed by atoms with Crippen molar-refractivity contribution in [1.29, 1.82) is 0 Å². The number of rotatable bonds is 1. The van der Waals surface area contributed by atoms with Crippen LogP contribution in [0, 0.1) is 26.0 Å². The predicted octanol–water partition coefficient (Wildman–Crippen LogP) is 7.05. The van der Waals surface area contributed by atoms with Crippen LogP contribution in [0.1, 0.15) is 11.1 Å². The maximum atomic E-state index is 4.91. The number of para-hydroxylation sites is 5. The molecule has 0 aliphatic heterocycles. The van der Waals surface area contributed by atoms with Gasteiger partial charge in [0.2, 0.25) is 17.3 Å². The van der Waals surface area contributed by atoms with Gasteiger partial charge in [0.05, 0.1) is 22.1 Å². The first-order chi connectivity index (χ1) is 20.2. The number of hydrogen-bond donors (Lipinski definition) is 0. The molecule has 9 rings (SSSR count). The third-order valence-electron chi connectivity index (χ3n) is 7.30. The summed E-state index contributed by atoms with van der Waals surface area (Å²) in [4.78, 5) is 19.0. The molecule has 0 spiro atoms. The first-order valence-corrected chi connectivity index (χ1v) is 13.4. The molecule has 0 bridgehead atoms. The van der Waals surface area contributed by atoms with Crippen LogP contribution in [0.25, 0.3) is 61.7 Å². The van der Waals surface area contributed by atoms with Gasteiger partial charge in [-0.15, -0.1) is 41.5 Å². The van der Waals surface area contributed by atoms with Crippen molar-refractivity contribution in [2.24, 2.45) is 0 Å². The predicted molar refractivity (Wildman–Crippen MR) is 162 cm³/mol. The van der Waals surface area contributed by atoms with Gasteiger partial charge in [-0.25, -0.2) is 18.8 Å². The van der Waals surface area contributed by atoms with E-state index in [1.165, 1.54) is 11.1 Å². The molecule has 9 aromatic rings. The number of hydrogen-bond acceptors (Lipinski definition) is 4. The Balaban J connectivity index is 0.000000164. The fraction of sp³-hybridized carbons (Fsp3) is 0.0588. The van der Waals surface area contributed by atoms with Crippen molar-refractivity contribution < 1.29 is 20.1 Å². The summed E-state index contributed by atoms with van der Waals surface area (Å²) in [7, 11) is 0. The molecule has 7 nitrogen and oxygen atoms in total. The van der Waals surface area contributed by atoms with Crippen LogP contribution in [0.5, 0.6) is 0 Å². The monoisotopic (exact) mass is 722 g/mol. The summed E-state index contributed by atoms with van der Waals surface area (Å²) in [6, 6.07) is 38.9. The second-order valence-corrected chi connectivity index (χ2v) is 10.1. The number of fused-ring (bicyclic) bond motifs is 12. The zero-order valence-electron chi connectivity index (χ0n) is 22.8. The van der Waals surface area contributed by atoms with Gasteiger partial charge in [0.25, 0.3) is 0 Å². The normalized spacial score (nSPS) is 11.4. The van der Waals surface area contributed by atoms with Crippen LogP contribution in [0.3, 0.4) is 0 Å². The summed E-state index contributed by atoms with van der Waals surface area (Å²) in [5.41, 5.74) is 10.1. The van der Waals surface area contributed by atoms with Gasteiger partial charge >= 0.3 is 0 Å². The second kappa shape index (κ2) is 10.2. The molecule has 205 valence electrons. The Kier molecular flexibility index (Phi) is 6.30. The van der Waals surface area contributed by atoms with E-state index in [4.69, 9.17) is 15.0 Å². The van der Waals surface area contributed by atoms with Gasteiger partial charge in [-0.05, 0) is 53.5 Å². The molecule has 0 atom stereocenters. The molecule has 1 radical (unpaired) electrons. The maximum Gasteiger partial charge on any atom is 0.225 e. The standard InChI is InChI=1S/C21H11N6.C13H12N.Ir/c1-4-10-16-13(7-1)22-19-25(16)20-23-15-9-3-6-12-18(15)27(20)21-24-14-8-2-5-11-17(14)26(19)21;1-10-3-6-12(7-4-10)13-8-5-11(2)9-14-13;/h1-11H;3-6,8-9H,1-2H3;/q2*-1;. The van der Waals surface area contributed by atoms with Gasteiger partial charge in [0.1, 0.15) is 0 Å². The molecule has 0 fully saturated rings. The Labute approximate surface area is 254 Å². The van der Waals surface area contributed by atoms with E-state index in [1.54, 1.807) is 0 Å². The number of aryl methyl sites for hydroxylation is 2. The molecule has 0 saturated heterocycles. The minimum atomic E-state index is 0. The van der Waals surface area contributed by atoms with Crippen molar-refractivity contribution in [3.63, 3.8) is 0 Å². The van der Waals surface area contributed by atoms with Crippen LogP contribution in [0.2, 0.25) is 0 Å². The van der Waals surface area contributed by atoms with Crippen molar-refractivity contribution in [3.8, 4) is 11.3 Å². The molecule has 0 amide bonds. The topological polar surface area (TPSA) is 64.8 Å². The van der Waals surface area contributed by atoms with Crippen LogP contribution in [0.15, 0.2) is 103 Å². The SMILES string of the molecule is Cc1c[c-]c(-c2ccc(C)cn2)cc1.[Ir].[c-]1cccc2nc3n(c12)c1nc2ccccc2n1c1nc2ccccc2n31. The van der Waals surface area contributed by atoms with E-state index in [9.17, 15) is 0 Å². The van der Waals surface area contributed by atoms with Gasteiger partial charge in [0, 0.05) is 26.3 Å². The third-order valence-corrected chi connectivity index (χ3v) is 7.30. The molecular formula is C34H23IrN7-2.